The Bertz CT molecular complexity index is 728. The molecule has 1 N–H and O–H groups in total. The van der Waals surface area contributed by atoms with Gasteiger partial charge < -0.3 is 5.32 Å². The van der Waals surface area contributed by atoms with Crippen LogP contribution in [0.1, 0.15) is 103 Å². The summed E-state index contributed by atoms with van der Waals surface area (Å²) in [6.45, 7) is 2.26. The topological polar surface area (TPSA) is 61.8 Å². The minimum atomic E-state index is -0.118. The number of hydrazone groups is 1. The van der Waals surface area contributed by atoms with E-state index in [4.69, 9.17) is 0 Å². The second-order valence-electron chi connectivity index (χ2n) is 8.65. The minimum absolute atomic E-state index is 0.0518. The normalized spacial score (nSPS) is 13.7. The summed E-state index contributed by atoms with van der Waals surface area (Å²) in [5, 5.41) is 8.42. The van der Waals surface area contributed by atoms with Gasteiger partial charge in [-0.05, 0) is 44.2 Å². The van der Waals surface area contributed by atoms with Crippen LogP contribution >= 0.6 is 0 Å². The molecule has 1 aromatic rings. The molecule has 0 aliphatic carbocycles. The van der Waals surface area contributed by atoms with Gasteiger partial charge in [0.05, 0.1) is 12.1 Å². The molecule has 176 valence electrons. The van der Waals surface area contributed by atoms with Crippen molar-refractivity contribution in [2.75, 3.05) is 5.01 Å². The molecule has 1 heterocycles. The van der Waals surface area contributed by atoms with Crippen molar-refractivity contribution < 1.29 is 9.59 Å². The molecule has 1 aliphatic rings. The van der Waals surface area contributed by atoms with Crippen molar-refractivity contribution in [1.29, 1.82) is 0 Å². The average molecular weight is 440 g/mol. The zero-order valence-corrected chi connectivity index (χ0v) is 19.9. The van der Waals surface area contributed by atoms with Crippen LogP contribution in [0.4, 0.5) is 5.69 Å². The summed E-state index contributed by atoms with van der Waals surface area (Å²) in [4.78, 5) is 24.3. The number of hydrogen-bond donors (Lipinski definition) is 1. The summed E-state index contributed by atoms with van der Waals surface area (Å²) in [6.07, 6.45) is 21.4. The molecule has 1 aliphatic heterocycles. The Labute approximate surface area is 194 Å². The molecule has 0 saturated heterocycles. The first-order valence-corrected chi connectivity index (χ1v) is 12.6. The van der Waals surface area contributed by atoms with Gasteiger partial charge in [0.1, 0.15) is 5.84 Å². The Morgan fingerprint density at radius 3 is 2.16 bits per heavy atom. The van der Waals surface area contributed by atoms with Crippen molar-refractivity contribution in [3.63, 3.8) is 0 Å². The molecule has 2 amide bonds. The third-order valence-corrected chi connectivity index (χ3v) is 5.73. The van der Waals surface area contributed by atoms with E-state index < -0.39 is 0 Å². The van der Waals surface area contributed by atoms with Gasteiger partial charge in [-0.1, -0.05) is 88.6 Å². The molecule has 0 unspecified atom stereocenters. The van der Waals surface area contributed by atoms with Gasteiger partial charge in [0.2, 0.25) is 5.91 Å². The van der Waals surface area contributed by atoms with Crippen LogP contribution in [0.3, 0.4) is 0 Å². The van der Waals surface area contributed by atoms with Gasteiger partial charge in [-0.3, -0.25) is 9.59 Å². The largest absolute Gasteiger partial charge is 0.312 e. The van der Waals surface area contributed by atoms with Gasteiger partial charge in [-0.15, -0.1) is 0 Å². The van der Waals surface area contributed by atoms with E-state index in [0.717, 1.165) is 18.5 Å². The predicted molar refractivity (Wildman–Crippen MR) is 134 cm³/mol. The Morgan fingerprint density at radius 2 is 1.50 bits per heavy atom. The van der Waals surface area contributed by atoms with Crippen LogP contribution in [0.2, 0.25) is 0 Å². The lowest BCUT2D eigenvalue weighted by Crippen LogP contribution is -2.29. The summed E-state index contributed by atoms with van der Waals surface area (Å²) in [6, 6.07) is 9.28. The molecule has 5 nitrogen and oxygen atoms in total. The summed E-state index contributed by atoms with van der Waals surface area (Å²) in [7, 11) is 0. The Morgan fingerprint density at radius 1 is 0.906 bits per heavy atom. The number of benzene rings is 1. The third kappa shape index (κ3) is 10.7. The monoisotopic (exact) mass is 439 g/mol. The van der Waals surface area contributed by atoms with Crippen LogP contribution in [0.5, 0.6) is 0 Å². The summed E-state index contributed by atoms with van der Waals surface area (Å²) >= 11 is 0. The molecule has 0 radical (unpaired) electrons. The summed E-state index contributed by atoms with van der Waals surface area (Å²) < 4.78 is 0. The molecule has 2 rings (SSSR count). The van der Waals surface area contributed by atoms with E-state index in [-0.39, 0.29) is 18.2 Å². The second-order valence-corrected chi connectivity index (χ2v) is 8.65. The minimum Gasteiger partial charge on any atom is -0.312 e. The lowest BCUT2D eigenvalue weighted by Gasteiger charge is -2.10. The Hall–Kier alpha value is -2.43. The van der Waals surface area contributed by atoms with Gasteiger partial charge in [-0.25, -0.2) is 0 Å². The number of nitrogens with zero attached hydrogens (tertiary/aromatic N) is 2. The fraction of sp³-hybridized carbons (Fsp3) is 0.593. The molecule has 0 atom stereocenters. The Balaban J connectivity index is 1.45. The molecule has 0 fully saturated rings. The van der Waals surface area contributed by atoms with Crippen LogP contribution in [0.25, 0.3) is 0 Å². The summed E-state index contributed by atoms with van der Waals surface area (Å²) in [5.74, 6) is 0.271. The highest BCUT2D eigenvalue weighted by Crippen LogP contribution is 2.19. The number of allylic oxidation sites excluding steroid dienone is 2. The maximum absolute atomic E-state index is 12.2. The Kier molecular flexibility index (Phi) is 13.1. The van der Waals surface area contributed by atoms with Crippen molar-refractivity contribution in [3.8, 4) is 0 Å². The van der Waals surface area contributed by atoms with E-state index in [1.807, 2.05) is 30.3 Å². The summed E-state index contributed by atoms with van der Waals surface area (Å²) in [5.41, 5.74) is 0.721. The van der Waals surface area contributed by atoms with Crippen molar-refractivity contribution in [3.05, 3.63) is 42.5 Å². The van der Waals surface area contributed by atoms with Crippen LogP contribution in [-0.4, -0.2) is 17.6 Å². The van der Waals surface area contributed by atoms with Crippen LogP contribution in [-0.2, 0) is 9.59 Å². The number of unbranched alkanes of at least 4 members (excludes halogenated alkanes) is 11. The number of carbonyl (C=O) groups is 2. The maximum atomic E-state index is 12.2. The standard InChI is InChI=1S/C27H41N3O2/c1-2-3-4-5-6-7-8-9-10-11-12-13-14-15-19-22-26(31)28-25-23-27(32)30(29-25)24-20-17-16-18-21-24/h9-10,16-18,20-21H,2-8,11-15,19,22-23H2,1H3,(H,28,29,31). The van der Waals surface area contributed by atoms with E-state index in [1.165, 1.54) is 75.6 Å². The maximum Gasteiger partial charge on any atom is 0.255 e. The molecule has 5 heteroatoms. The first-order chi connectivity index (χ1) is 15.7. The smallest absolute Gasteiger partial charge is 0.255 e. The lowest BCUT2D eigenvalue weighted by molar-refractivity contribution is -0.119. The highest BCUT2D eigenvalue weighted by molar-refractivity contribution is 6.15. The second kappa shape index (κ2) is 16.2. The molecule has 32 heavy (non-hydrogen) atoms. The number of amides is 2. The average Bonchev–Trinajstić information content (AvgIpc) is 3.16. The van der Waals surface area contributed by atoms with Crippen LogP contribution in [0.15, 0.2) is 47.6 Å². The highest BCUT2D eigenvalue weighted by atomic mass is 16.2. The molecule has 0 bridgehead atoms. The highest BCUT2D eigenvalue weighted by Gasteiger charge is 2.26. The van der Waals surface area contributed by atoms with Crippen molar-refractivity contribution >= 4 is 23.3 Å². The van der Waals surface area contributed by atoms with Gasteiger partial charge in [-0.2, -0.15) is 10.1 Å². The number of nitrogens with one attached hydrogen (secondary N) is 1. The molecular weight excluding hydrogens is 398 g/mol. The van der Waals surface area contributed by atoms with Gasteiger partial charge in [0.25, 0.3) is 5.91 Å². The molecule has 0 spiro atoms. The number of anilines is 1. The molecular formula is C27H41N3O2. The first kappa shape index (κ1) is 25.8. The van der Waals surface area contributed by atoms with Gasteiger partial charge in [0.15, 0.2) is 0 Å². The lowest BCUT2D eigenvalue weighted by atomic mass is 10.1. The van der Waals surface area contributed by atoms with E-state index in [2.05, 4.69) is 29.5 Å². The van der Waals surface area contributed by atoms with Crippen molar-refractivity contribution in [2.24, 2.45) is 5.10 Å². The first-order valence-electron chi connectivity index (χ1n) is 12.6. The van der Waals surface area contributed by atoms with Crippen LogP contribution < -0.4 is 10.3 Å². The fourth-order valence-corrected chi connectivity index (χ4v) is 3.85. The van der Waals surface area contributed by atoms with Gasteiger partial charge >= 0.3 is 0 Å². The van der Waals surface area contributed by atoms with Gasteiger partial charge in [0, 0.05) is 6.42 Å². The number of para-hydroxylation sites is 1. The van der Waals surface area contributed by atoms with Crippen molar-refractivity contribution in [2.45, 2.75) is 103 Å². The zero-order valence-electron chi connectivity index (χ0n) is 19.9. The number of carbonyl (C=O) groups excluding carboxylic acids is 2. The molecule has 0 aromatic heterocycles. The third-order valence-electron chi connectivity index (χ3n) is 5.73. The van der Waals surface area contributed by atoms with Crippen LogP contribution in [0, 0.1) is 0 Å². The SMILES string of the molecule is CCCCCCCCC=CCCCCCCCC(=O)NC1=NN(c2ccccc2)C(=O)C1. The van der Waals surface area contributed by atoms with E-state index in [9.17, 15) is 9.59 Å². The van der Waals surface area contributed by atoms with Crippen molar-refractivity contribution in [1.82, 2.24) is 5.32 Å². The molecule has 0 saturated carbocycles. The number of hydrogen-bond acceptors (Lipinski definition) is 3. The van der Waals surface area contributed by atoms with E-state index in [1.54, 1.807) is 0 Å². The van der Waals surface area contributed by atoms with E-state index >= 15 is 0 Å². The zero-order chi connectivity index (χ0) is 22.9. The van der Waals surface area contributed by atoms with E-state index in [0.29, 0.717) is 12.3 Å². The predicted octanol–water partition coefficient (Wildman–Crippen LogP) is 6.89. The number of rotatable bonds is 16. The fourth-order valence-electron chi connectivity index (χ4n) is 3.85. The molecule has 1 aromatic carbocycles. The number of amidine groups is 1. The quantitative estimate of drug-likeness (QED) is 0.225.